The molecule has 0 spiro atoms. The molecule has 5 rings (SSSR count). The molecule has 0 amide bonds. The topological polar surface area (TPSA) is 124 Å². The second-order valence-electron chi connectivity index (χ2n) is 17.7. The summed E-state index contributed by atoms with van der Waals surface area (Å²) in [5.41, 5.74) is 0. The normalized spacial score (nSPS) is 32.4. The summed E-state index contributed by atoms with van der Waals surface area (Å²) in [6.45, 7) is 8.46. The molecule has 0 aromatic rings. The molecule has 316 valence electrons. The zero-order chi connectivity index (χ0) is 39.5. The van der Waals surface area contributed by atoms with Crippen molar-refractivity contribution in [3.8, 4) is 0 Å². The Morgan fingerprint density at radius 3 is 1.04 bits per heavy atom. The molecule has 5 fully saturated rings. The largest absolute Gasteiger partial charge is 0.463 e. The first kappa shape index (κ1) is 44.4. The summed E-state index contributed by atoms with van der Waals surface area (Å²) in [5.74, 6) is 2.91. The van der Waals surface area contributed by atoms with Crippen LogP contribution < -0.4 is 0 Å². The Hall–Kier alpha value is -2.72. The van der Waals surface area contributed by atoms with Crippen LogP contribution in [0, 0.1) is 47.3 Å². The molecule has 4 saturated carbocycles. The van der Waals surface area contributed by atoms with Crippen molar-refractivity contribution in [2.75, 3.05) is 26.4 Å². The van der Waals surface area contributed by atoms with E-state index in [1.54, 1.807) is 0 Å². The van der Waals surface area contributed by atoms with Gasteiger partial charge in [0.25, 0.3) is 12.6 Å². The number of hydrogen-bond donors (Lipinski definition) is 0. The minimum absolute atomic E-state index is 0.153. The van der Waals surface area contributed by atoms with Gasteiger partial charge in [-0.3, -0.25) is 9.59 Å². The molecule has 0 N–H and O–H groups in total. The predicted molar refractivity (Wildman–Crippen MR) is 213 cm³/mol. The molecule has 1 heterocycles. The fourth-order valence-corrected chi connectivity index (χ4v) is 10.2. The van der Waals surface area contributed by atoms with Crippen LogP contribution >= 0.6 is 0 Å². The van der Waals surface area contributed by atoms with Crippen molar-refractivity contribution < 1.29 is 47.6 Å². The number of hydrogen-bond acceptors (Lipinski definition) is 10. The first-order valence-corrected chi connectivity index (χ1v) is 22.5. The van der Waals surface area contributed by atoms with Gasteiger partial charge in [-0.1, -0.05) is 90.2 Å². The average Bonchev–Trinajstić information content (AvgIpc) is 3.24. The SMILES string of the molecule is C=CC(=O)OCCC[C@H]1CC[C@H](CC[C@H]2CC[C@H](C(=O)O[C@@H]3OCCO[C@H]3OC(=O)[C@H]3CC[C@H](CC[C@H]4CC[C@H](CCCOC(=O)C=C)CC4)CC3)CC2)CC1. The summed E-state index contributed by atoms with van der Waals surface area (Å²) in [6.07, 6.45) is 27.3. The maximum absolute atomic E-state index is 13.3. The van der Waals surface area contributed by atoms with Gasteiger partial charge in [-0.05, 0) is 113 Å². The van der Waals surface area contributed by atoms with Gasteiger partial charge in [0.05, 0.1) is 38.3 Å². The van der Waals surface area contributed by atoms with Crippen molar-refractivity contribution in [1.29, 1.82) is 0 Å². The molecule has 4 aliphatic carbocycles. The quantitative estimate of drug-likeness (QED) is 0.0510. The Morgan fingerprint density at radius 1 is 0.446 bits per heavy atom. The summed E-state index contributed by atoms with van der Waals surface area (Å²) in [4.78, 5) is 48.9. The fraction of sp³-hybridized carbons (Fsp3) is 0.826. The first-order valence-electron chi connectivity index (χ1n) is 22.5. The van der Waals surface area contributed by atoms with E-state index in [1.165, 1.54) is 89.2 Å². The molecule has 0 unspecified atom stereocenters. The standard InChI is InChI=1S/C46H72O10/c1-3-41(47)51-29-5-7-33-9-13-35(14-10-33)17-19-37-21-25-39(26-22-37)43(49)55-45-46(54-32-31-53-45)56-44(50)40-27-23-38(24-28-40)20-18-36-15-11-34(12-16-36)8-6-30-52-42(48)4-2/h3-4,33-40,45-46H,1-2,5-32H2/t33-,34-,35-,36-,37-,38-,39-,40-,45-,46-/m0/s1. The molecule has 1 saturated heterocycles. The molecular formula is C46H72O10. The highest BCUT2D eigenvalue weighted by Crippen LogP contribution is 2.40. The van der Waals surface area contributed by atoms with E-state index in [4.69, 9.17) is 28.4 Å². The van der Waals surface area contributed by atoms with Crippen molar-refractivity contribution >= 4 is 23.9 Å². The van der Waals surface area contributed by atoms with Crippen LogP contribution in [-0.2, 0) is 47.6 Å². The van der Waals surface area contributed by atoms with Crippen LogP contribution in [0.5, 0.6) is 0 Å². The van der Waals surface area contributed by atoms with E-state index >= 15 is 0 Å². The van der Waals surface area contributed by atoms with Gasteiger partial charge < -0.3 is 28.4 Å². The molecule has 0 aromatic carbocycles. The van der Waals surface area contributed by atoms with Crippen LogP contribution in [0.1, 0.15) is 154 Å². The molecule has 10 nitrogen and oxygen atoms in total. The van der Waals surface area contributed by atoms with E-state index < -0.39 is 12.6 Å². The highest BCUT2D eigenvalue weighted by Gasteiger charge is 2.39. The summed E-state index contributed by atoms with van der Waals surface area (Å²) >= 11 is 0. The second kappa shape index (κ2) is 24.3. The smallest absolute Gasteiger partial charge is 0.330 e. The van der Waals surface area contributed by atoms with Gasteiger partial charge in [-0.15, -0.1) is 0 Å². The lowest BCUT2D eigenvalue weighted by Gasteiger charge is -2.35. The van der Waals surface area contributed by atoms with E-state index in [1.807, 2.05) is 0 Å². The number of ether oxygens (including phenoxy) is 6. The Labute approximate surface area is 336 Å². The molecular weight excluding hydrogens is 712 g/mol. The number of carbonyl (C=O) groups is 4. The van der Waals surface area contributed by atoms with E-state index in [9.17, 15) is 19.2 Å². The van der Waals surface area contributed by atoms with Crippen LogP contribution in [0.4, 0.5) is 0 Å². The summed E-state index contributed by atoms with van der Waals surface area (Å²) < 4.78 is 33.4. The van der Waals surface area contributed by atoms with Gasteiger partial charge in [0.1, 0.15) is 0 Å². The maximum Gasteiger partial charge on any atom is 0.330 e. The highest BCUT2D eigenvalue weighted by molar-refractivity contribution is 5.81. The van der Waals surface area contributed by atoms with Crippen LogP contribution in [-0.4, -0.2) is 62.9 Å². The van der Waals surface area contributed by atoms with Crippen molar-refractivity contribution in [2.45, 2.75) is 167 Å². The van der Waals surface area contributed by atoms with E-state index in [2.05, 4.69) is 13.2 Å². The van der Waals surface area contributed by atoms with Gasteiger partial charge in [-0.2, -0.15) is 0 Å². The number of rotatable bonds is 20. The molecule has 0 aromatic heterocycles. The molecule has 0 bridgehead atoms. The Kier molecular flexibility index (Phi) is 19.2. The van der Waals surface area contributed by atoms with Gasteiger partial charge in [0.15, 0.2) is 0 Å². The van der Waals surface area contributed by atoms with Gasteiger partial charge in [-0.25, -0.2) is 9.59 Å². The Balaban J connectivity index is 0.905. The first-order chi connectivity index (χ1) is 27.3. The summed E-state index contributed by atoms with van der Waals surface area (Å²) in [6, 6.07) is 0. The van der Waals surface area contributed by atoms with Gasteiger partial charge in [0.2, 0.25) is 0 Å². The molecule has 5 aliphatic rings. The average molecular weight is 785 g/mol. The van der Waals surface area contributed by atoms with Crippen molar-refractivity contribution in [2.24, 2.45) is 47.3 Å². The number of esters is 4. The zero-order valence-corrected chi connectivity index (χ0v) is 34.2. The van der Waals surface area contributed by atoms with Crippen LogP contribution in [0.25, 0.3) is 0 Å². The highest BCUT2D eigenvalue weighted by atomic mass is 16.8. The third-order valence-electron chi connectivity index (χ3n) is 13.9. The molecule has 2 atom stereocenters. The minimum atomic E-state index is -1.02. The van der Waals surface area contributed by atoms with Crippen LogP contribution in [0.2, 0.25) is 0 Å². The van der Waals surface area contributed by atoms with Gasteiger partial charge >= 0.3 is 23.9 Å². The van der Waals surface area contributed by atoms with E-state index in [0.717, 1.165) is 101 Å². The van der Waals surface area contributed by atoms with Crippen LogP contribution in [0.15, 0.2) is 25.3 Å². The van der Waals surface area contributed by atoms with Gasteiger partial charge in [0, 0.05) is 12.2 Å². The minimum Gasteiger partial charge on any atom is -0.463 e. The molecule has 0 radical (unpaired) electrons. The lowest BCUT2D eigenvalue weighted by Crippen LogP contribution is -2.46. The number of carbonyl (C=O) groups excluding carboxylic acids is 4. The second-order valence-corrected chi connectivity index (χ2v) is 17.7. The zero-order valence-electron chi connectivity index (χ0n) is 34.2. The monoisotopic (exact) mass is 785 g/mol. The van der Waals surface area contributed by atoms with E-state index in [-0.39, 0.29) is 35.7 Å². The molecule has 10 heteroatoms. The Morgan fingerprint density at radius 2 is 0.732 bits per heavy atom. The molecule has 56 heavy (non-hydrogen) atoms. The van der Waals surface area contributed by atoms with E-state index in [0.29, 0.717) is 38.3 Å². The third-order valence-corrected chi connectivity index (χ3v) is 13.9. The maximum atomic E-state index is 13.3. The predicted octanol–water partition coefficient (Wildman–Crippen LogP) is 9.58. The third kappa shape index (κ3) is 15.2. The Bertz CT molecular complexity index is 1120. The lowest BCUT2D eigenvalue weighted by atomic mass is 9.75. The van der Waals surface area contributed by atoms with Crippen LogP contribution in [0.3, 0.4) is 0 Å². The summed E-state index contributed by atoms with van der Waals surface area (Å²) in [5, 5.41) is 0. The summed E-state index contributed by atoms with van der Waals surface area (Å²) in [7, 11) is 0. The molecule has 1 aliphatic heterocycles. The van der Waals surface area contributed by atoms with Crippen molar-refractivity contribution in [3.05, 3.63) is 25.3 Å². The fourth-order valence-electron chi connectivity index (χ4n) is 10.2. The van der Waals surface area contributed by atoms with Crippen molar-refractivity contribution in [3.63, 3.8) is 0 Å². The van der Waals surface area contributed by atoms with Crippen molar-refractivity contribution in [1.82, 2.24) is 0 Å². The lowest BCUT2D eigenvalue weighted by molar-refractivity contribution is -0.305.